The van der Waals surface area contributed by atoms with Crippen molar-refractivity contribution in [2.75, 3.05) is 11.1 Å². The molecule has 6 rings (SSSR count). The van der Waals surface area contributed by atoms with Crippen molar-refractivity contribution in [3.63, 3.8) is 0 Å². The third kappa shape index (κ3) is 3.74. The average molecular weight is 392 g/mol. The minimum Gasteiger partial charge on any atom is -0.325 e. The number of anilines is 1. The molecule has 0 atom stereocenters. The predicted octanol–water partition coefficient (Wildman–Crippen LogP) is 6.03. The van der Waals surface area contributed by atoms with Gasteiger partial charge in [0.2, 0.25) is 5.91 Å². The molecule has 4 saturated carbocycles. The van der Waals surface area contributed by atoms with Gasteiger partial charge < -0.3 is 5.32 Å². The molecule has 4 fully saturated rings. The highest BCUT2D eigenvalue weighted by molar-refractivity contribution is 7.99. The van der Waals surface area contributed by atoms with Crippen LogP contribution in [0.15, 0.2) is 54.6 Å². The van der Waals surface area contributed by atoms with E-state index in [1.54, 1.807) is 11.8 Å². The van der Waals surface area contributed by atoms with Gasteiger partial charge in [-0.15, -0.1) is 11.8 Å². The molecule has 3 heteroatoms. The van der Waals surface area contributed by atoms with Crippen LogP contribution >= 0.6 is 11.8 Å². The molecule has 146 valence electrons. The first-order valence-corrected chi connectivity index (χ1v) is 11.9. The maximum absolute atomic E-state index is 12.3. The molecule has 4 aliphatic rings. The molecule has 0 aliphatic heterocycles. The van der Waals surface area contributed by atoms with Gasteiger partial charge in [-0.3, -0.25) is 4.79 Å². The number of hydrogen-bond donors (Lipinski definition) is 1. The summed E-state index contributed by atoms with van der Waals surface area (Å²) in [5, 5.41) is 3.07. The molecule has 28 heavy (non-hydrogen) atoms. The van der Waals surface area contributed by atoms with Gasteiger partial charge in [-0.1, -0.05) is 42.5 Å². The molecule has 2 nitrogen and oxygen atoms in total. The van der Waals surface area contributed by atoms with Gasteiger partial charge in [-0.25, -0.2) is 0 Å². The number of amides is 1. The van der Waals surface area contributed by atoms with Gasteiger partial charge in [0.05, 0.1) is 5.75 Å². The van der Waals surface area contributed by atoms with E-state index in [-0.39, 0.29) is 5.91 Å². The van der Waals surface area contributed by atoms with Crippen LogP contribution < -0.4 is 5.32 Å². The number of thioether (sulfide) groups is 1. The summed E-state index contributed by atoms with van der Waals surface area (Å²) in [6.07, 6.45) is 8.61. The van der Waals surface area contributed by atoms with Crippen molar-refractivity contribution in [2.24, 2.45) is 17.8 Å². The molecule has 0 unspecified atom stereocenters. The fraction of sp³-hybridized carbons (Fsp3) is 0.480. The van der Waals surface area contributed by atoms with E-state index in [4.69, 9.17) is 0 Å². The van der Waals surface area contributed by atoms with Gasteiger partial charge in [0.25, 0.3) is 0 Å². The molecule has 0 saturated heterocycles. The van der Waals surface area contributed by atoms with Gasteiger partial charge in [0.15, 0.2) is 0 Å². The lowest BCUT2D eigenvalue weighted by Crippen LogP contribution is -2.48. The summed E-state index contributed by atoms with van der Waals surface area (Å²) in [4.78, 5) is 12.3. The molecule has 1 amide bonds. The Balaban J connectivity index is 1.17. The van der Waals surface area contributed by atoms with Crippen molar-refractivity contribution < 1.29 is 4.79 Å². The van der Waals surface area contributed by atoms with Crippen LogP contribution in [-0.4, -0.2) is 11.7 Å². The van der Waals surface area contributed by atoms with Gasteiger partial charge in [-0.2, -0.15) is 0 Å². The molecule has 2 aromatic carbocycles. The van der Waals surface area contributed by atoms with Crippen LogP contribution in [0.5, 0.6) is 0 Å². The van der Waals surface area contributed by atoms with Gasteiger partial charge >= 0.3 is 0 Å². The highest BCUT2D eigenvalue weighted by Gasteiger charge is 2.51. The van der Waals surface area contributed by atoms with Crippen molar-refractivity contribution in [3.05, 3.63) is 65.7 Å². The Morgan fingerprint density at radius 1 is 0.893 bits per heavy atom. The van der Waals surface area contributed by atoms with Crippen molar-refractivity contribution in [1.82, 2.24) is 0 Å². The Bertz CT molecular complexity index is 794. The first kappa shape index (κ1) is 18.3. The molecule has 0 heterocycles. The Labute approximate surface area is 172 Å². The summed E-state index contributed by atoms with van der Waals surface area (Å²) in [5.74, 6) is 4.35. The van der Waals surface area contributed by atoms with E-state index in [1.807, 2.05) is 18.2 Å². The second-order valence-corrected chi connectivity index (χ2v) is 10.3. The number of hydrogen-bond acceptors (Lipinski definition) is 2. The van der Waals surface area contributed by atoms with Gasteiger partial charge in [0.1, 0.15) is 0 Å². The van der Waals surface area contributed by atoms with Crippen molar-refractivity contribution >= 4 is 23.4 Å². The topological polar surface area (TPSA) is 29.1 Å². The molecule has 0 aromatic heterocycles. The Kier molecular flexibility index (Phi) is 4.96. The van der Waals surface area contributed by atoms with Crippen LogP contribution in [0.1, 0.15) is 49.7 Å². The highest BCUT2D eigenvalue weighted by Crippen LogP contribution is 2.60. The summed E-state index contributed by atoms with van der Waals surface area (Å²) in [6.45, 7) is 0. The van der Waals surface area contributed by atoms with E-state index in [1.165, 1.54) is 49.7 Å². The summed E-state index contributed by atoms with van der Waals surface area (Å²) in [6, 6.07) is 19.1. The standard InChI is InChI=1S/C25H29NOS/c27-24(17-28-16-18-4-2-1-3-5-18)26-23-8-6-22(7-9-23)25-13-19-10-20(14-25)12-21(11-19)15-25/h1-9,19-21H,10-17H2,(H,26,27). The lowest BCUT2D eigenvalue weighted by atomic mass is 9.48. The fourth-order valence-electron chi connectivity index (χ4n) is 6.40. The SMILES string of the molecule is O=C(CSCc1ccccc1)Nc1ccc(C23CC4CC(CC(C4)C2)C3)cc1. The molecule has 1 N–H and O–H groups in total. The molecule has 4 aliphatic carbocycles. The van der Waals surface area contributed by atoms with E-state index >= 15 is 0 Å². The van der Waals surface area contributed by atoms with E-state index in [0.717, 1.165) is 29.2 Å². The lowest BCUT2D eigenvalue weighted by Gasteiger charge is -2.57. The van der Waals surface area contributed by atoms with Gasteiger partial charge in [-0.05, 0) is 85.0 Å². The maximum Gasteiger partial charge on any atom is 0.234 e. The number of carbonyl (C=O) groups excluding carboxylic acids is 1. The molecular formula is C25H29NOS. The zero-order valence-corrected chi connectivity index (χ0v) is 17.2. The normalized spacial score (nSPS) is 30.4. The summed E-state index contributed by atoms with van der Waals surface area (Å²) in [5.41, 5.74) is 4.14. The van der Waals surface area contributed by atoms with Crippen molar-refractivity contribution in [1.29, 1.82) is 0 Å². The van der Waals surface area contributed by atoms with Crippen molar-refractivity contribution in [3.8, 4) is 0 Å². The average Bonchev–Trinajstić information content (AvgIpc) is 2.68. The Morgan fingerprint density at radius 2 is 1.50 bits per heavy atom. The fourth-order valence-corrected chi connectivity index (χ4v) is 7.19. The maximum atomic E-state index is 12.3. The summed E-state index contributed by atoms with van der Waals surface area (Å²) < 4.78 is 0. The van der Waals surface area contributed by atoms with E-state index in [0.29, 0.717) is 11.2 Å². The third-order valence-electron chi connectivity index (χ3n) is 7.16. The first-order valence-electron chi connectivity index (χ1n) is 10.7. The lowest BCUT2D eigenvalue weighted by molar-refractivity contribution is -0.113. The van der Waals surface area contributed by atoms with Crippen LogP contribution in [0.2, 0.25) is 0 Å². The van der Waals surface area contributed by atoms with Gasteiger partial charge in [0, 0.05) is 11.4 Å². The minimum atomic E-state index is 0.0866. The monoisotopic (exact) mass is 391 g/mol. The third-order valence-corrected chi connectivity index (χ3v) is 8.17. The predicted molar refractivity (Wildman–Crippen MR) is 118 cm³/mol. The Morgan fingerprint density at radius 3 is 2.11 bits per heavy atom. The molecule has 0 radical (unpaired) electrons. The van der Waals surface area contributed by atoms with E-state index in [9.17, 15) is 4.79 Å². The quantitative estimate of drug-likeness (QED) is 0.652. The minimum absolute atomic E-state index is 0.0866. The largest absolute Gasteiger partial charge is 0.325 e. The highest BCUT2D eigenvalue weighted by atomic mass is 32.2. The zero-order valence-electron chi connectivity index (χ0n) is 16.4. The van der Waals surface area contributed by atoms with Crippen LogP contribution in [0.25, 0.3) is 0 Å². The number of benzene rings is 2. The number of rotatable bonds is 6. The Hall–Kier alpha value is -1.74. The number of carbonyl (C=O) groups is 1. The zero-order chi connectivity index (χ0) is 19.0. The summed E-state index contributed by atoms with van der Waals surface area (Å²) in [7, 11) is 0. The summed E-state index contributed by atoms with van der Waals surface area (Å²) >= 11 is 1.66. The van der Waals surface area contributed by atoms with E-state index < -0.39 is 0 Å². The first-order chi connectivity index (χ1) is 13.7. The number of nitrogens with one attached hydrogen (secondary N) is 1. The second-order valence-electron chi connectivity index (χ2n) is 9.30. The van der Waals surface area contributed by atoms with Crippen molar-refractivity contribution in [2.45, 2.75) is 49.7 Å². The second kappa shape index (κ2) is 7.59. The van der Waals surface area contributed by atoms with Crippen LogP contribution in [0.4, 0.5) is 5.69 Å². The molecule has 4 bridgehead atoms. The molecular weight excluding hydrogens is 362 g/mol. The smallest absolute Gasteiger partial charge is 0.234 e. The van der Waals surface area contributed by atoms with Crippen LogP contribution in [-0.2, 0) is 16.0 Å². The van der Waals surface area contributed by atoms with Crippen LogP contribution in [0.3, 0.4) is 0 Å². The molecule has 2 aromatic rings. The molecule has 0 spiro atoms. The van der Waals surface area contributed by atoms with Crippen LogP contribution in [0, 0.1) is 17.8 Å². The van der Waals surface area contributed by atoms with E-state index in [2.05, 4.69) is 41.7 Å².